The van der Waals surface area contributed by atoms with Crippen LogP contribution < -0.4 is 0 Å². The zero-order chi connectivity index (χ0) is 23.2. The average molecular weight is 501 g/mol. The van der Waals surface area contributed by atoms with E-state index in [1.165, 1.54) is 0 Å². The second kappa shape index (κ2) is 6.13. The first-order valence-corrected chi connectivity index (χ1v) is 19.3. The van der Waals surface area contributed by atoms with Crippen molar-refractivity contribution >= 4 is 42.9 Å². The molecule has 3 aliphatic rings. The lowest BCUT2D eigenvalue weighted by Gasteiger charge is -2.48. The molecule has 0 amide bonds. The van der Waals surface area contributed by atoms with Crippen LogP contribution in [-0.2, 0) is 20.1 Å². The van der Waals surface area contributed by atoms with Crippen molar-refractivity contribution in [3.05, 3.63) is 10.6 Å². The summed E-state index contributed by atoms with van der Waals surface area (Å²) in [5.41, 5.74) is 1.86. The van der Waals surface area contributed by atoms with Gasteiger partial charge in [-0.15, -0.1) is 0 Å². The first-order chi connectivity index (χ1) is 13.1. The van der Waals surface area contributed by atoms with Crippen molar-refractivity contribution in [1.82, 2.24) is 0 Å². The van der Waals surface area contributed by atoms with Gasteiger partial charge in [0.25, 0.3) is 0 Å². The van der Waals surface area contributed by atoms with Crippen molar-refractivity contribution in [2.75, 3.05) is 0 Å². The molecule has 0 N–H and O–H groups in total. The van der Waals surface area contributed by atoms with Gasteiger partial charge in [0.1, 0.15) is 0 Å². The second-order valence-electron chi connectivity index (χ2n) is 14.9. The Bertz CT molecular complexity index is 939. The molecule has 170 valence electrons. The van der Waals surface area contributed by atoms with E-state index in [0.29, 0.717) is 36.4 Å². The molecule has 0 radical (unpaired) electrons. The molecule has 1 aromatic heterocycles. The summed E-state index contributed by atoms with van der Waals surface area (Å²) >= 11 is 0. The Morgan fingerprint density at radius 3 is 1.33 bits per heavy atom. The molecule has 0 bridgehead atoms. The van der Waals surface area contributed by atoms with Crippen molar-refractivity contribution in [1.29, 1.82) is 0 Å². The third-order valence-corrected chi connectivity index (χ3v) is 39.4. The monoisotopic (exact) mass is 500 g/mol. The Hall–Kier alpha value is 1.37. The maximum Gasteiger partial charge on any atom is 0.0842 e. The molecular weight excluding hydrogens is 455 g/mol. The van der Waals surface area contributed by atoms with E-state index in [0.717, 1.165) is 0 Å². The fourth-order valence-electron chi connectivity index (χ4n) is 5.90. The van der Waals surface area contributed by atoms with Gasteiger partial charge in [-0.3, -0.25) is 0 Å². The summed E-state index contributed by atoms with van der Waals surface area (Å²) in [6, 6.07) is 0. The normalized spacial score (nSPS) is 35.4. The van der Waals surface area contributed by atoms with Crippen molar-refractivity contribution in [2.45, 2.75) is 124 Å². The number of hydrogen-bond donors (Lipinski definition) is 0. The molecule has 4 rings (SSSR count). The lowest BCUT2D eigenvalue weighted by atomic mass is 9.86. The van der Waals surface area contributed by atoms with Gasteiger partial charge in [-0.1, -0.05) is 126 Å². The van der Waals surface area contributed by atoms with E-state index < -0.39 is 0 Å². The predicted molar refractivity (Wildman–Crippen MR) is 149 cm³/mol. The standard InChI is InChI=1S/C25H45P5/c1-19(2,3)16-17(20(4,5)6)28-25(23(13,14)15)29-18(21(7,8)9)26-24(27(16)28,30(25)29)22(10,11)12/h1-15H3/t24-,25-,27?,28?,29-,30-/m0/s1. The van der Waals surface area contributed by atoms with E-state index in [9.17, 15) is 0 Å². The largest absolute Gasteiger partial charge is 0.0842 e. The van der Waals surface area contributed by atoms with Gasteiger partial charge in [-0.05, 0) is 57.9 Å². The number of hydrogen-bond acceptors (Lipinski definition) is 0. The maximum atomic E-state index is 2.64. The minimum Gasteiger partial charge on any atom is -0.0814 e. The Kier molecular flexibility index (Phi) is 5.01. The fourth-order valence-corrected chi connectivity index (χ4v) is 55.4. The smallest absolute Gasteiger partial charge is 0.0814 e. The number of fused-ring (bicyclic) bond motifs is 4. The molecule has 5 heteroatoms. The van der Waals surface area contributed by atoms with Gasteiger partial charge in [-0.25, -0.2) is 0 Å². The van der Waals surface area contributed by atoms with E-state index in [1.54, 1.807) is 8.20 Å². The third-order valence-electron chi connectivity index (χ3n) is 7.05. The minimum absolute atomic E-state index is 0.0112. The molecule has 4 heterocycles. The molecule has 3 aliphatic heterocycles. The van der Waals surface area contributed by atoms with Crippen LogP contribution in [0.2, 0.25) is 0 Å². The van der Waals surface area contributed by atoms with E-state index in [4.69, 9.17) is 0 Å². The molecule has 0 aromatic carbocycles. The number of rotatable bonds is 0. The first kappa shape index (κ1) is 24.5. The van der Waals surface area contributed by atoms with Crippen molar-refractivity contribution in [3.63, 3.8) is 0 Å². The SMILES string of the molecule is CC(C)(C)C1=P[C@@]2(C(C)(C)C)p3c(C(C)(C)C)c(C(C)(C)C)p3[C@@]3(C(C)(C)C)[P@@]1[P@]32. The van der Waals surface area contributed by atoms with Crippen LogP contribution >= 0.6 is 37.8 Å². The molecule has 0 saturated carbocycles. The van der Waals surface area contributed by atoms with Gasteiger partial charge < -0.3 is 0 Å². The second-order valence-corrected chi connectivity index (χ2v) is 30.7. The highest BCUT2D eigenvalue weighted by Gasteiger charge is 2.88. The molecule has 0 nitrogen and oxygen atoms in total. The predicted octanol–water partition coefficient (Wildman–Crippen LogP) is 11.6. The average Bonchev–Trinajstić information content (AvgIpc) is 2.84. The van der Waals surface area contributed by atoms with Gasteiger partial charge in [0.2, 0.25) is 0 Å². The summed E-state index contributed by atoms with van der Waals surface area (Å²) in [6.45, 7) is 38.6. The molecule has 1 saturated heterocycles. The quantitative estimate of drug-likeness (QED) is 0.311. The molecule has 0 aliphatic carbocycles. The van der Waals surface area contributed by atoms with Crippen molar-refractivity contribution in [3.8, 4) is 0 Å². The van der Waals surface area contributed by atoms with Crippen LogP contribution in [0, 0.1) is 16.2 Å². The summed E-state index contributed by atoms with van der Waals surface area (Å²) in [4.78, 5) is 0. The van der Waals surface area contributed by atoms with Gasteiger partial charge in [0, 0.05) is 0 Å². The molecule has 30 heavy (non-hydrogen) atoms. The zero-order valence-electron chi connectivity index (χ0n) is 22.2. The summed E-state index contributed by atoms with van der Waals surface area (Å²) in [6.07, 6.45) is 0. The first-order valence-electron chi connectivity index (χ1n) is 11.6. The Morgan fingerprint density at radius 1 is 0.567 bits per heavy atom. The summed E-state index contributed by atoms with van der Waals surface area (Å²) < 4.78 is 1.26. The van der Waals surface area contributed by atoms with Crippen LogP contribution in [0.4, 0.5) is 0 Å². The summed E-state index contributed by atoms with van der Waals surface area (Å²) in [7, 11) is 2.00. The van der Waals surface area contributed by atoms with Gasteiger partial charge in [-0.2, -0.15) is 0 Å². The van der Waals surface area contributed by atoms with Gasteiger partial charge >= 0.3 is 0 Å². The van der Waals surface area contributed by atoms with Crippen LogP contribution in [-0.4, -0.2) is 5.03 Å². The van der Waals surface area contributed by atoms with Crippen LogP contribution in [0.15, 0.2) is 0 Å². The Morgan fingerprint density at radius 2 is 1.00 bits per heavy atom. The van der Waals surface area contributed by atoms with Crippen LogP contribution in [0.1, 0.15) is 114 Å². The van der Waals surface area contributed by atoms with E-state index >= 15 is 0 Å². The third kappa shape index (κ3) is 2.65. The van der Waals surface area contributed by atoms with Crippen molar-refractivity contribution < 1.29 is 0 Å². The highest BCUT2D eigenvalue weighted by molar-refractivity contribution is 8.67. The molecular formula is C25H45P5. The van der Waals surface area contributed by atoms with Crippen LogP contribution in [0.3, 0.4) is 0 Å². The maximum absolute atomic E-state index is 2.64. The zero-order valence-corrected chi connectivity index (χ0v) is 26.7. The van der Waals surface area contributed by atoms with E-state index in [2.05, 4.69) is 104 Å². The molecule has 1 aromatic rings. The lowest BCUT2D eigenvalue weighted by molar-refractivity contribution is 0.394. The minimum atomic E-state index is -0.0149. The molecule has 6 atom stereocenters. The van der Waals surface area contributed by atoms with Crippen LogP contribution in [0.25, 0.3) is 0 Å². The lowest BCUT2D eigenvalue weighted by Crippen LogP contribution is -2.29. The summed E-state index contributed by atoms with van der Waals surface area (Å²) in [5, 5.41) is 5.94. The molecule has 2 unspecified atom stereocenters. The highest BCUT2D eigenvalue weighted by Crippen LogP contribution is 3.30. The molecule has 0 spiro atoms. The summed E-state index contributed by atoms with van der Waals surface area (Å²) in [5.74, 6) is 0. The van der Waals surface area contributed by atoms with Crippen LogP contribution in [0.5, 0.6) is 0 Å². The fraction of sp³-hybridized carbons (Fsp3) is 0.880. The Balaban J connectivity index is 2.17. The topological polar surface area (TPSA) is 0 Å². The van der Waals surface area contributed by atoms with E-state index in [1.807, 2.05) is 15.6 Å². The van der Waals surface area contributed by atoms with Gasteiger partial charge in [0.15, 0.2) is 0 Å². The van der Waals surface area contributed by atoms with Crippen molar-refractivity contribution in [2.24, 2.45) is 16.2 Å². The van der Waals surface area contributed by atoms with Gasteiger partial charge in [0.05, 0.1) is 9.28 Å². The highest BCUT2D eigenvalue weighted by atomic mass is 32.2. The van der Waals surface area contributed by atoms with E-state index in [-0.39, 0.29) is 29.6 Å². The Labute approximate surface area is 193 Å². The molecule has 1 fully saturated rings.